The maximum Gasteiger partial charge on any atom is 0.257 e. The molecule has 0 radical (unpaired) electrons. The van der Waals surface area contributed by atoms with Crippen molar-refractivity contribution in [1.82, 2.24) is 9.80 Å². The molecule has 0 bridgehead atoms. The summed E-state index contributed by atoms with van der Waals surface area (Å²) in [5.74, 6) is -0.154. The number of amidine groups is 1. The molecule has 1 aromatic carbocycles. The number of hydrogen-bond acceptors (Lipinski definition) is 5. The molecule has 2 amide bonds. The van der Waals surface area contributed by atoms with Crippen LogP contribution in [0.5, 0.6) is 0 Å². The number of nitrogens with one attached hydrogen (secondary N) is 1. The molecule has 148 valence electrons. The topological polar surface area (TPSA) is 99.1 Å². The van der Waals surface area contributed by atoms with E-state index in [1.165, 1.54) is 12.2 Å². The molecule has 0 aliphatic carbocycles. The minimum absolute atomic E-state index is 0.0485. The van der Waals surface area contributed by atoms with Crippen molar-refractivity contribution in [3.8, 4) is 0 Å². The second kappa shape index (κ2) is 7.97. The second-order valence-corrected chi connectivity index (χ2v) is 8.11. The fourth-order valence-corrected chi connectivity index (χ4v) is 3.90. The fraction of sp³-hybridized carbons (Fsp3) is 0.316. The van der Waals surface area contributed by atoms with Crippen LogP contribution in [0, 0.1) is 0 Å². The minimum Gasteiger partial charge on any atom is -0.339 e. The molecule has 0 saturated heterocycles. The van der Waals surface area contributed by atoms with Crippen LogP contribution in [-0.2, 0) is 14.8 Å². The Morgan fingerprint density at radius 1 is 1.14 bits per heavy atom. The van der Waals surface area contributed by atoms with E-state index in [-0.39, 0.29) is 24.1 Å². The number of nitrogens with zero attached hydrogens (tertiary/aromatic N) is 3. The standard InChI is InChI=1S/C19H22N4O4S/c1-3-22(4-2)19(25)14-5-8-16(9-6-14)20-18(24)15-7-10-17-21-28(26,27)12-11-23(17)13-15/h5-10,13H,3-4,11-12H2,1-2H3,(H,20,24). The van der Waals surface area contributed by atoms with E-state index in [9.17, 15) is 18.0 Å². The van der Waals surface area contributed by atoms with Crippen molar-refractivity contribution < 1.29 is 18.0 Å². The molecule has 9 heteroatoms. The highest BCUT2D eigenvalue weighted by molar-refractivity contribution is 7.90. The van der Waals surface area contributed by atoms with Crippen molar-refractivity contribution in [2.24, 2.45) is 4.40 Å². The van der Waals surface area contributed by atoms with Crippen LogP contribution in [0.15, 0.2) is 52.6 Å². The third-order valence-corrected chi connectivity index (χ3v) is 5.69. The lowest BCUT2D eigenvalue weighted by Crippen LogP contribution is -2.37. The molecule has 2 aliphatic heterocycles. The molecule has 1 N–H and O–H groups in total. The Labute approximate surface area is 164 Å². The molecule has 0 unspecified atom stereocenters. The van der Waals surface area contributed by atoms with Crippen LogP contribution < -0.4 is 5.32 Å². The van der Waals surface area contributed by atoms with E-state index in [0.29, 0.717) is 35.7 Å². The SMILES string of the molecule is CCN(CC)C(=O)c1ccc(NC(=O)C2=CN3CCS(=O)(=O)N=C3C=C2)cc1. The monoisotopic (exact) mass is 402 g/mol. The zero-order chi connectivity index (χ0) is 20.3. The fourth-order valence-electron chi connectivity index (χ4n) is 2.93. The molecule has 1 aromatic rings. The van der Waals surface area contributed by atoms with Crippen molar-refractivity contribution >= 4 is 33.4 Å². The molecule has 0 aromatic heterocycles. The highest BCUT2D eigenvalue weighted by Gasteiger charge is 2.25. The molecule has 28 heavy (non-hydrogen) atoms. The number of fused-ring (bicyclic) bond motifs is 1. The van der Waals surface area contributed by atoms with Crippen LogP contribution in [0.4, 0.5) is 5.69 Å². The number of sulfonamides is 1. The first-order chi connectivity index (χ1) is 13.3. The Morgan fingerprint density at radius 2 is 1.82 bits per heavy atom. The summed E-state index contributed by atoms with van der Waals surface area (Å²) in [7, 11) is -3.43. The molecular weight excluding hydrogens is 380 g/mol. The molecule has 3 rings (SSSR count). The van der Waals surface area contributed by atoms with E-state index in [0.717, 1.165) is 0 Å². The maximum absolute atomic E-state index is 12.5. The number of carbonyl (C=O) groups is 2. The molecule has 0 atom stereocenters. The van der Waals surface area contributed by atoms with Crippen molar-refractivity contribution in [3.05, 3.63) is 53.8 Å². The summed E-state index contributed by atoms with van der Waals surface area (Å²) in [6.07, 6.45) is 4.63. The number of rotatable bonds is 5. The number of anilines is 1. The van der Waals surface area contributed by atoms with E-state index in [2.05, 4.69) is 9.71 Å². The van der Waals surface area contributed by atoms with Crippen LogP contribution in [0.3, 0.4) is 0 Å². The summed E-state index contributed by atoms with van der Waals surface area (Å²) >= 11 is 0. The van der Waals surface area contributed by atoms with Crippen LogP contribution in [0.25, 0.3) is 0 Å². The Kier molecular flexibility index (Phi) is 5.64. The number of hydrogen-bond donors (Lipinski definition) is 1. The van der Waals surface area contributed by atoms with Crippen LogP contribution in [0.1, 0.15) is 24.2 Å². The molecule has 2 aliphatic rings. The first-order valence-corrected chi connectivity index (χ1v) is 10.6. The summed E-state index contributed by atoms with van der Waals surface area (Å²) in [5, 5.41) is 2.78. The van der Waals surface area contributed by atoms with Crippen LogP contribution in [0.2, 0.25) is 0 Å². The van der Waals surface area contributed by atoms with Crippen molar-refractivity contribution in [2.45, 2.75) is 13.8 Å². The van der Waals surface area contributed by atoms with Crippen LogP contribution in [-0.4, -0.2) is 61.3 Å². The van der Waals surface area contributed by atoms with E-state index < -0.39 is 10.0 Å². The van der Waals surface area contributed by atoms with E-state index in [1.54, 1.807) is 40.3 Å². The van der Waals surface area contributed by atoms with Crippen molar-refractivity contribution in [1.29, 1.82) is 0 Å². The average molecular weight is 402 g/mol. The van der Waals surface area contributed by atoms with Gasteiger partial charge in [0.25, 0.3) is 21.8 Å². The van der Waals surface area contributed by atoms with E-state index >= 15 is 0 Å². The van der Waals surface area contributed by atoms with Gasteiger partial charge in [0.15, 0.2) is 0 Å². The third kappa shape index (κ3) is 4.30. The summed E-state index contributed by atoms with van der Waals surface area (Å²) in [5.41, 5.74) is 1.52. The molecule has 2 heterocycles. The van der Waals surface area contributed by atoms with Gasteiger partial charge in [0.05, 0.1) is 11.3 Å². The zero-order valence-corrected chi connectivity index (χ0v) is 16.6. The Bertz CT molecular complexity index is 974. The van der Waals surface area contributed by atoms with E-state index in [1.807, 2.05) is 13.8 Å². The number of carbonyl (C=O) groups excluding carboxylic acids is 2. The van der Waals surface area contributed by atoms with Gasteiger partial charge in [-0.3, -0.25) is 9.59 Å². The molecule has 0 spiro atoms. The van der Waals surface area contributed by atoms with Gasteiger partial charge in [0.2, 0.25) is 0 Å². The second-order valence-electron chi connectivity index (χ2n) is 6.36. The average Bonchev–Trinajstić information content (AvgIpc) is 2.68. The minimum atomic E-state index is -3.43. The number of amides is 2. The van der Waals surface area contributed by atoms with Gasteiger partial charge in [-0.05, 0) is 50.3 Å². The summed E-state index contributed by atoms with van der Waals surface area (Å²) in [6.45, 7) is 5.38. The van der Waals surface area contributed by atoms with Gasteiger partial charge >= 0.3 is 0 Å². The van der Waals surface area contributed by atoms with Gasteiger partial charge in [-0.1, -0.05) is 0 Å². The lowest BCUT2D eigenvalue weighted by molar-refractivity contribution is -0.112. The highest BCUT2D eigenvalue weighted by atomic mass is 32.2. The van der Waals surface area contributed by atoms with Gasteiger partial charge in [-0.2, -0.15) is 0 Å². The normalized spacial score (nSPS) is 17.3. The first-order valence-electron chi connectivity index (χ1n) is 9.03. The smallest absolute Gasteiger partial charge is 0.257 e. The van der Waals surface area contributed by atoms with Crippen molar-refractivity contribution in [2.75, 3.05) is 30.7 Å². The molecular formula is C19H22N4O4S. The highest BCUT2D eigenvalue weighted by Crippen LogP contribution is 2.18. The Balaban J connectivity index is 1.68. The quantitative estimate of drug-likeness (QED) is 0.807. The molecule has 0 fully saturated rings. The Morgan fingerprint density at radius 3 is 2.46 bits per heavy atom. The third-order valence-electron chi connectivity index (χ3n) is 4.53. The first kappa shape index (κ1) is 19.8. The van der Waals surface area contributed by atoms with Gasteiger partial charge in [0.1, 0.15) is 5.84 Å². The largest absolute Gasteiger partial charge is 0.339 e. The molecule has 8 nitrogen and oxygen atoms in total. The predicted molar refractivity (Wildman–Crippen MR) is 107 cm³/mol. The van der Waals surface area contributed by atoms with Gasteiger partial charge in [0, 0.05) is 37.1 Å². The summed E-state index contributed by atoms with van der Waals surface area (Å²) < 4.78 is 26.8. The number of benzene rings is 1. The van der Waals surface area contributed by atoms with Gasteiger partial charge in [-0.15, -0.1) is 4.40 Å². The summed E-state index contributed by atoms with van der Waals surface area (Å²) in [4.78, 5) is 28.2. The molecule has 0 saturated carbocycles. The van der Waals surface area contributed by atoms with Crippen molar-refractivity contribution in [3.63, 3.8) is 0 Å². The lowest BCUT2D eigenvalue weighted by atomic mass is 10.1. The predicted octanol–water partition coefficient (Wildman–Crippen LogP) is 1.60. The lowest BCUT2D eigenvalue weighted by Gasteiger charge is -2.26. The summed E-state index contributed by atoms with van der Waals surface area (Å²) in [6, 6.07) is 6.73. The zero-order valence-electron chi connectivity index (χ0n) is 15.8. The van der Waals surface area contributed by atoms with Gasteiger partial charge < -0.3 is 15.1 Å². The van der Waals surface area contributed by atoms with E-state index in [4.69, 9.17) is 0 Å². The maximum atomic E-state index is 12.5. The van der Waals surface area contributed by atoms with Gasteiger partial charge in [-0.25, -0.2) is 8.42 Å². The Hall–Kier alpha value is -2.94. The van der Waals surface area contributed by atoms with Crippen LogP contribution >= 0.6 is 0 Å².